The number of carbonyl (C=O) groups excluding carboxylic acids is 2. The molecule has 2 aliphatic rings. The van der Waals surface area contributed by atoms with Crippen molar-refractivity contribution in [3.63, 3.8) is 0 Å². The third kappa shape index (κ3) is 5.84. The van der Waals surface area contributed by atoms with Gasteiger partial charge in [0.1, 0.15) is 0 Å². The van der Waals surface area contributed by atoms with E-state index in [2.05, 4.69) is 50.5 Å². The molecule has 204 valence electrons. The lowest BCUT2D eigenvalue weighted by Gasteiger charge is -2.32. The van der Waals surface area contributed by atoms with Gasteiger partial charge in [0.15, 0.2) is 5.65 Å². The molecule has 2 aromatic heterocycles. The number of nitrogens with one attached hydrogen (secondary N) is 1. The highest BCUT2D eigenvalue weighted by molar-refractivity contribution is 6.08. The second-order valence-corrected chi connectivity index (χ2v) is 11.0. The van der Waals surface area contributed by atoms with Crippen LogP contribution in [0.1, 0.15) is 49.7 Å². The summed E-state index contributed by atoms with van der Waals surface area (Å²) >= 11 is 0. The van der Waals surface area contributed by atoms with Crippen molar-refractivity contribution in [3.05, 3.63) is 59.3 Å². The molecule has 1 saturated heterocycles. The maximum Gasteiger partial charge on any atom is 0.254 e. The third-order valence-corrected chi connectivity index (χ3v) is 7.56. The summed E-state index contributed by atoms with van der Waals surface area (Å²) in [4.78, 5) is 39.9. The Morgan fingerprint density at radius 3 is 2.62 bits per heavy atom. The minimum Gasteiger partial charge on any atom is -0.351 e. The van der Waals surface area contributed by atoms with Gasteiger partial charge in [0.05, 0.1) is 28.8 Å². The normalized spacial score (nSPS) is 18.9. The first-order valence-electron chi connectivity index (χ1n) is 13.6. The predicted molar refractivity (Wildman–Crippen MR) is 154 cm³/mol. The van der Waals surface area contributed by atoms with Crippen LogP contribution in [0.25, 0.3) is 22.3 Å². The van der Waals surface area contributed by atoms with E-state index < -0.39 is 5.92 Å². The average Bonchev–Trinajstić information content (AvgIpc) is 3.33. The van der Waals surface area contributed by atoms with E-state index in [0.29, 0.717) is 22.3 Å². The maximum absolute atomic E-state index is 13.5. The molecule has 1 N–H and O–H groups in total. The van der Waals surface area contributed by atoms with Crippen LogP contribution in [0.5, 0.6) is 0 Å². The Kier molecular flexibility index (Phi) is 7.72. The number of nitrogens with zero attached hydrogens (tertiary/aromatic N) is 6. The molecule has 0 spiro atoms. The fourth-order valence-corrected chi connectivity index (χ4v) is 5.27. The Bertz CT molecular complexity index is 1460. The molecular weight excluding hydrogens is 490 g/mol. The van der Waals surface area contributed by atoms with Gasteiger partial charge < -0.3 is 10.2 Å². The summed E-state index contributed by atoms with van der Waals surface area (Å²) in [7, 11) is 2.16. The molecule has 1 fully saturated rings. The standard InChI is InChI=1S/C30H37N7O2/c1-19(2)37-28-26(17-32-37)24(29(38)31-16-25-20(3)13-21(4)33-30(25)39)15-27(34-28)23-8-6-7-22(14-23)18-36-11-9-35(5)10-12-36/h6-8,13-15,17,19,25H,9-12,16,18H2,1-5H3,(H,31,38). The number of dihydropyridines is 1. The zero-order valence-electron chi connectivity index (χ0n) is 23.4. The number of amides is 2. The van der Waals surface area contributed by atoms with Crippen molar-refractivity contribution in [2.45, 2.75) is 40.3 Å². The number of piperazine rings is 1. The van der Waals surface area contributed by atoms with Gasteiger partial charge in [-0.15, -0.1) is 0 Å². The van der Waals surface area contributed by atoms with Gasteiger partial charge in [-0.25, -0.2) is 14.7 Å². The van der Waals surface area contributed by atoms with Crippen molar-refractivity contribution in [2.24, 2.45) is 10.9 Å². The highest BCUT2D eigenvalue weighted by Gasteiger charge is 2.25. The molecule has 0 bridgehead atoms. The molecule has 1 aromatic carbocycles. The summed E-state index contributed by atoms with van der Waals surface area (Å²) < 4.78 is 1.85. The van der Waals surface area contributed by atoms with Crippen LogP contribution in [-0.4, -0.2) is 81.9 Å². The second-order valence-electron chi connectivity index (χ2n) is 11.0. The minimum atomic E-state index is -0.459. The minimum absolute atomic E-state index is 0.0819. The lowest BCUT2D eigenvalue weighted by atomic mass is 9.95. The highest BCUT2D eigenvalue weighted by Crippen LogP contribution is 2.28. The number of fused-ring (bicyclic) bond motifs is 1. The number of hydrogen-bond donors (Lipinski definition) is 1. The molecule has 9 nitrogen and oxygen atoms in total. The summed E-state index contributed by atoms with van der Waals surface area (Å²) in [6.45, 7) is 13.1. The number of rotatable bonds is 7. The lowest BCUT2D eigenvalue weighted by Crippen LogP contribution is -2.43. The van der Waals surface area contributed by atoms with Gasteiger partial charge in [-0.3, -0.25) is 14.5 Å². The molecule has 0 aliphatic carbocycles. The van der Waals surface area contributed by atoms with Gasteiger partial charge in [-0.2, -0.15) is 5.10 Å². The van der Waals surface area contributed by atoms with E-state index in [4.69, 9.17) is 4.98 Å². The van der Waals surface area contributed by atoms with Gasteiger partial charge in [0, 0.05) is 56.6 Å². The SMILES string of the molecule is CC1=CC(C)=NC(=O)C1CNC(=O)c1cc(-c2cccc(CN3CCN(C)CC3)c2)nc2c1cnn2C(C)C. The topological polar surface area (TPSA) is 95.7 Å². The number of likely N-dealkylation sites (N-methyl/N-ethyl adjacent to an activating group) is 1. The number of hydrogen-bond acceptors (Lipinski definition) is 6. The predicted octanol–water partition coefficient (Wildman–Crippen LogP) is 3.72. The first kappa shape index (κ1) is 26.9. The number of aromatic nitrogens is 3. The van der Waals surface area contributed by atoms with Gasteiger partial charge in [-0.05, 0) is 58.5 Å². The molecule has 39 heavy (non-hydrogen) atoms. The van der Waals surface area contributed by atoms with Gasteiger partial charge >= 0.3 is 0 Å². The third-order valence-electron chi connectivity index (χ3n) is 7.56. The Labute approximate surface area is 229 Å². The summed E-state index contributed by atoms with van der Waals surface area (Å²) in [5.74, 6) is -0.940. The summed E-state index contributed by atoms with van der Waals surface area (Å²) in [5, 5.41) is 8.21. The average molecular weight is 528 g/mol. The summed E-state index contributed by atoms with van der Waals surface area (Å²) in [6, 6.07) is 10.3. The number of allylic oxidation sites excluding steroid dienone is 1. The highest BCUT2D eigenvalue weighted by atomic mass is 16.2. The van der Waals surface area contributed by atoms with Crippen LogP contribution < -0.4 is 5.32 Å². The smallest absolute Gasteiger partial charge is 0.254 e. The maximum atomic E-state index is 13.5. The largest absolute Gasteiger partial charge is 0.351 e. The fourth-order valence-electron chi connectivity index (χ4n) is 5.27. The first-order valence-corrected chi connectivity index (χ1v) is 13.6. The molecule has 5 rings (SSSR count). The monoisotopic (exact) mass is 527 g/mol. The van der Waals surface area contributed by atoms with Crippen molar-refractivity contribution in [1.82, 2.24) is 29.9 Å². The molecule has 3 aromatic rings. The van der Waals surface area contributed by atoms with E-state index in [-0.39, 0.29) is 24.4 Å². The van der Waals surface area contributed by atoms with E-state index in [1.54, 1.807) is 13.1 Å². The van der Waals surface area contributed by atoms with E-state index in [9.17, 15) is 9.59 Å². The molecule has 0 radical (unpaired) electrons. The Morgan fingerprint density at radius 1 is 1.13 bits per heavy atom. The van der Waals surface area contributed by atoms with Crippen LogP contribution >= 0.6 is 0 Å². The molecular formula is C30H37N7O2. The Hall–Kier alpha value is -3.69. The summed E-state index contributed by atoms with van der Waals surface area (Å²) in [6.07, 6.45) is 3.60. The Morgan fingerprint density at radius 2 is 1.90 bits per heavy atom. The first-order chi connectivity index (χ1) is 18.7. The zero-order valence-corrected chi connectivity index (χ0v) is 23.4. The Balaban J connectivity index is 1.45. The molecule has 0 saturated carbocycles. The van der Waals surface area contributed by atoms with E-state index >= 15 is 0 Å². The zero-order chi connectivity index (χ0) is 27.7. The quantitative estimate of drug-likeness (QED) is 0.503. The molecule has 9 heteroatoms. The number of pyridine rings is 1. The van der Waals surface area contributed by atoms with Gasteiger partial charge in [-0.1, -0.05) is 23.8 Å². The van der Waals surface area contributed by atoms with Crippen molar-refractivity contribution >= 4 is 28.6 Å². The van der Waals surface area contributed by atoms with Crippen molar-refractivity contribution in [3.8, 4) is 11.3 Å². The van der Waals surface area contributed by atoms with Crippen molar-refractivity contribution < 1.29 is 9.59 Å². The van der Waals surface area contributed by atoms with Crippen LogP contribution in [0.2, 0.25) is 0 Å². The van der Waals surface area contributed by atoms with E-state index in [1.807, 2.05) is 43.7 Å². The van der Waals surface area contributed by atoms with E-state index in [1.165, 1.54) is 5.56 Å². The fraction of sp³-hybridized carbons (Fsp3) is 0.433. The van der Waals surface area contributed by atoms with Crippen LogP contribution in [0, 0.1) is 5.92 Å². The van der Waals surface area contributed by atoms with E-state index in [0.717, 1.165) is 49.6 Å². The molecule has 1 unspecified atom stereocenters. The van der Waals surface area contributed by atoms with Crippen molar-refractivity contribution in [1.29, 1.82) is 0 Å². The van der Waals surface area contributed by atoms with Crippen LogP contribution in [-0.2, 0) is 11.3 Å². The van der Waals surface area contributed by atoms with Gasteiger partial charge in [0.2, 0.25) is 0 Å². The number of benzene rings is 1. The molecule has 2 aliphatic heterocycles. The van der Waals surface area contributed by atoms with Crippen LogP contribution in [0.3, 0.4) is 0 Å². The molecule has 4 heterocycles. The summed E-state index contributed by atoms with van der Waals surface area (Å²) in [5.41, 5.74) is 5.66. The molecule has 2 amide bonds. The van der Waals surface area contributed by atoms with Crippen molar-refractivity contribution in [2.75, 3.05) is 39.8 Å². The van der Waals surface area contributed by atoms with Gasteiger partial charge in [0.25, 0.3) is 11.8 Å². The molecule has 1 atom stereocenters. The van der Waals surface area contributed by atoms with Crippen LogP contribution in [0.4, 0.5) is 0 Å². The number of carbonyl (C=O) groups is 2. The second kappa shape index (κ2) is 11.2. The number of aliphatic imine (C=N–C) groups is 1. The van der Waals surface area contributed by atoms with Crippen LogP contribution in [0.15, 0.2) is 53.2 Å². The lowest BCUT2D eigenvalue weighted by molar-refractivity contribution is -0.120.